The molecule has 0 aromatic heterocycles. The highest BCUT2D eigenvalue weighted by molar-refractivity contribution is 7.32. The minimum atomic E-state index is -2.98. The van der Waals surface area contributed by atoms with Crippen molar-refractivity contribution in [1.82, 2.24) is 0 Å². The van der Waals surface area contributed by atoms with Crippen LogP contribution in [0, 0.1) is 0 Å². The third-order valence-corrected chi connectivity index (χ3v) is 1.62. The van der Waals surface area contributed by atoms with Crippen LogP contribution in [-0.2, 0) is 18.2 Å². The van der Waals surface area contributed by atoms with E-state index in [9.17, 15) is 9.13 Å². The molecule has 0 aliphatic carbocycles. The highest BCUT2D eigenvalue weighted by Gasteiger charge is 2.37. The number of hydrogen-bond donors (Lipinski definition) is 3. The van der Waals surface area contributed by atoms with Crippen LogP contribution < -0.4 is 0 Å². The van der Waals surface area contributed by atoms with Crippen LogP contribution >= 0.6 is 16.5 Å². The maximum absolute atomic E-state index is 10.0. The summed E-state index contributed by atoms with van der Waals surface area (Å²) in [6.45, 7) is 0.357. The molecule has 9 heteroatoms. The zero-order chi connectivity index (χ0) is 9.78. The van der Waals surface area contributed by atoms with Crippen LogP contribution in [0.2, 0.25) is 0 Å². The van der Waals surface area contributed by atoms with Crippen molar-refractivity contribution in [3.8, 4) is 0 Å². The lowest BCUT2D eigenvalue weighted by atomic mass is 10.4. The second kappa shape index (κ2) is 4.89. The fourth-order valence-electron chi connectivity index (χ4n) is 0.370. The largest absolute Gasteiger partial charge is 0.697 e. The first-order chi connectivity index (χ1) is 5.33. The summed E-state index contributed by atoms with van der Waals surface area (Å²) in [6, 6.07) is 0. The fourth-order valence-corrected chi connectivity index (χ4v) is 1.11. The SMILES string of the molecule is CC(O)(CO[P+](=O)O)O[P+](=O)O. The average molecular weight is 218 g/mol. The van der Waals surface area contributed by atoms with Gasteiger partial charge in [-0.2, -0.15) is 0 Å². The van der Waals surface area contributed by atoms with Gasteiger partial charge in [0.25, 0.3) is 0 Å². The van der Waals surface area contributed by atoms with Gasteiger partial charge in [0.2, 0.25) is 5.79 Å². The van der Waals surface area contributed by atoms with Crippen LogP contribution in [0.4, 0.5) is 0 Å². The molecule has 3 atom stereocenters. The van der Waals surface area contributed by atoms with E-state index in [1.807, 2.05) is 0 Å². The van der Waals surface area contributed by atoms with Crippen molar-refractivity contribution >= 4 is 16.5 Å². The zero-order valence-electron chi connectivity index (χ0n) is 6.08. The van der Waals surface area contributed by atoms with E-state index < -0.39 is 28.9 Å². The monoisotopic (exact) mass is 218 g/mol. The van der Waals surface area contributed by atoms with Gasteiger partial charge in [0.15, 0.2) is 6.61 Å². The van der Waals surface area contributed by atoms with Gasteiger partial charge in [0.05, 0.1) is 0 Å². The molecule has 3 unspecified atom stereocenters. The Kier molecular flexibility index (Phi) is 4.89. The van der Waals surface area contributed by atoms with Gasteiger partial charge in [-0.1, -0.05) is 4.52 Å². The van der Waals surface area contributed by atoms with E-state index in [-0.39, 0.29) is 0 Å². The zero-order valence-corrected chi connectivity index (χ0v) is 7.87. The molecule has 0 aliphatic heterocycles. The summed E-state index contributed by atoms with van der Waals surface area (Å²) in [5.41, 5.74) is 0. The van der Waals surface area contributed by atoms with Crippen LogP contribution in [0.15, 0.2) is 0 Å². The van der Waals surface area contributed by atoms with Gasteiger partial charge < -0.3 is 5.11 Å². The Bertz CT molecular complexity index is 189. The Hall–Kier alpha value is -0.0000000000000000763. The highest BCUT2D eigenvalue weighted by atomic mass is 31.1. The van der Waals surface area contributed by atoms with Crippen molar-refractivity contribution < 1.29 is 33.1 Å². The molecule has 0 aliphatic rings. The molecule has 0 bridgehead atoms. The van der Waals surface area contributed by atoms with Crippen LogP contribution in [-0.4, -0.2) is 27.3 Å². The van der Waals surface area contributed by atoms with Crippen molar-refractivity contribution in [1.29, 1.82) is 0 Å². The van der Waals surface area contributed by atoms with E-state index in [1.165, 1.54) is 0 Å². The number of aliphatic hydroxyl groups is 1. The second-order valence-corrected chi connectivity index (χ2v) is 3.41. The molecule has 7 nitrogen and oxygen atoms in total. The Balaban J connectivity index is 3.86. The van der Waals surface area contributed by atoms with Gasteiger partial charge in [-0.3, -0.25) is 0 Å². The number of rotatable bonds is 5. The Morgan fingerprint density at radius 1 is 1.33 bits per heavy atom. The van der Waals surface area contributed by atoms with E-state index in [0.717, 1.165) is 6.92 Å². The molecular weight excluding hydrogens is 210 g/mol. The van der Waals surface area contributed by atoms with Crippen LogP contribution in [0.5, 0.6) is 0 Å². The average Bonchev–Trinajstić information content (AvgIpc) is 1.81. The van der Waals surface area contributed by atoms with Crippen LogP contribution in [0.3, 0.4) is 0 Å². The summed E-state index contributed by atoms with van der Waals surface area (Å²) in [5, 5.41) is 9.00. The Morgan fingerprint density at radius 2 is 1.83 bits per heavy atom. The molecule has 0 amide bonds. The number of hydrogen-bond acceptors (Lipinski definition) is 5. The van der Waals surface area contributed by atoms with E-state index >= 15 is 0 Å². The third-order valence-electron chi connectivity index (χ3n) is 0.718. The predicted molar refractivity (Wildman–Crippen MR) is 37.3 cm³/mol. The van der Waals surface area contributed by atoms with Gasteiger partial charge in [-0.05, 0) is 6.92 Å². The van der Waals surface area contributed by atoms with Crippen molar-refractivity contribution in [2.24, 2.45) is 0 Å². The molecule has 12 heavy (non-hydrogen) atoms. The van der Waals surface area contributed by atoms with E-state index in [0.29, 0.717) is 0 Å². The van der Waals surface area contributed by atoms with E-state index in [2.05, 4.69) is 9.05 Å². The molecule has 0 spiro atoms. The summed E-state index contributed by atoms with van der Waals surface area (Å²) < 4.78 is 28.1. The smallest absolute Gasteiger partial charge is 0.360 e. The Labute approximate surface area is 69.8 Å². The van der Waals surface area contributed by atoms with Crippen LogP contribution in [0.25, 0.3) is 0 Å². The summed E-state index contributed by atoms with van der Waals surface area (Å²) >= 11 is 0. The minimum Gasteiger partial charge on any atom is -0.360 e. The molecule has 70 valence electrons. The lowest BCUT2D eigenvalue weighted by Gasteiger charge is -2.09. The first kappa shape index (κ1) is 12.0. The topological polar surface area (TPSA) is 113 Å². The molecule has 0 aromatic rings. The molecule has 0 saturated carbocycles. The van der Waals surface area contributed by atoms with Crippen molar-refractivity contribution in [3.63, 3.8) is 0 Å². The lowest BCUT2D eigenvalue weighted by molar-refractivity contribution is -0.145. The van der Waals surface area contributed by atoms with Crippen molar-refractivity contribution in [2.75, 3.05) is 6.61 Å². The molecule has 0 radical (unpaired) electrons. The van der Waals surface area contributed by atoms with Crippen LogP contribution in [0.1, 0.15) is 6.92 Å². The molecule has 0 fully saturated rings. The maximum atomic E-state index is 10.0. The maximum Gasteiger partial charge on any atom is 0.697 e. The normalized spacial score (nSPS) is 18.3. The summed E-state index contributed by atoms with van der Waals surface area (Å²) in [4.78, 5) is 16.3. The first-order valence-electron chi connectivity index (χ1n) is 2.70. The lowest BCUT2D eigenvalue weighted by Crippen LogP contribution is -2.30. The van der Waals surface area contributed by atoms with Gasteiger partial charge >= 0.3 is 16.5 Å². The third kappa shape index (κ3) is 6.69. The predicted octanol–water partition coefficient (Wildman–Crippen LogP) is 0.0275. The highest BCUT2D eigenvalue weighted by Crippen LogP contribution is 2.26. The first-order valence-corrected chi connectivity index (χ1v) is 4.96. The second-order valence-electron chi connectivity index (χ2n) is 2.02. The minimum absolute atomic E-state index is 0.666. The van der Waals surface area contributed by atoms with Gasteiger partial charge in [0, 0.05) is 9.13 Å². The summed E-state index contributed by atoms with van der Waals surface area (Å²) in [7, 11) is -5.83. The molecule has 0 saturated heterocycles. The van der Waals surface area contributed by atoms with Gasteiger partial charge in [0.1, 0.15) is 0 Å². The van der Waals surface area contributed by atoms with Gasteiger partial charge in [-0.25, -0.2) is 0 Å². The molecular formula is C3H8O7P2+2. The van der Waals surface area contributed by atoms with E-state index in [1.54, 1.807) is 0 Å². The van der Waals surface area contributed by atoms with Crippen molar-refractivity contribution in [3.05, 3.63) is 0 Å². The summed E-state index contributed by atoms with van der Waals surface area (Å²) in [5.74, 6) is -2.05. The molecule has 0 heterocycles. The van der Waals surface area contributed by atoms with Gasteiger partial charge in [-0.15, -0.1) is 14.3 Å². The molecule has 3 N–H and O–H groups in total. The van der Waals surface area contributed by atoms with Crippen molar-refractivity contribution in [2.45, 2.75) is 12.7 Å². The fraction of sp³-hybridized carbons (Fsp3) is 1.00. The molecule has 0 rings (SSSR count). The van der Waals surface area contributed by atoms with E-state index in [4.69, 9.17) is 14.9 Å². The standard InChI is InChI=1S/C3H6O7P2/c1-3(4,10-12(7)8)2-9-11(5)6/h4H,2H2,1H3/p+2. The summed E-state index contributed by atoms with van der Waals surface area (Å²) in [6.07, 6.45) is 0. The molecule has 0 aromatic carbocycles. The quantitative estimate of drug-likeness (QED) is 0.440. The Morgan fingerprint density at radius 3 is 2.17 bits per heavy atom.